The number of aliphatic hydroxyl groups excluding tert-OH is 1. The second kappa shape index (κ2) is 7.24. The van der Waals surface area contributed by atoms with Crippen LogP contribution in [0.3, 0.4) is 0 Å². The fourth-order valence-corrected chi connectivity index (χ4v) is 3.00. The molecule has 1 heterocycles. The Labute approximate surface area is 129 Å². The van der Waals surface area contributed by atoms with Gasteiger partial charge in [0.1, 0.15) is 0 Å². The number of rotatable bonds is 6. The van der Waals surface area contributed by atoms with Gasteiger partial charge in [0.05, 0.1) is 7.11 Å². The molecule has 2 rings (SSSR count). The Morgan fingerprint density at radius 3 is 2.82 bits per heavy atom. The maximum atomic E-state index is 12.6. The van der Waals surface area contributed by atoms with Crippen molar-refractivity contribution in [1.29, 1.82) is 0 Å². The number of para-hydroxylation sites is 1. The molecule has 0 spiro atoms. The van der Waals surface area contributed by atoms with Crippen LogP contribution in [0.2, 0.25) is 0 Å². The Morgan fingerprint density at radius 1 is 1.41 bits per heavy atom. The maximum Gasteiger partial charge on any atom is 0.387 e. The summed E-state index contributed by atoms with van der Waals surface area (Å²) in [6, 6.07) is 5.14. The van der Waals surface area contributed by atoms with E-state index in [0.29, 0.717) is 17.9 Å². The Hall–Kier alpha value is -1.40. The first-order valence-corrected chi connectivity index (χ1v) is 7.41. The number of hydrogen-bond donors (Lipinski definition) is 1. The number of hydrogen-bond acceptors (Lipinski definition) is 4. The van der Waals surface area contributed by atoms with Gasteiger partial charge in [0.15, 0.2) is 11.5 Å². The van der Waals surface area contributed by atoms with Gasteiger partial charge in [0.25, 0.3) is 0 Å². The van der Waals surface area contributed by atoms with Crippen LogP contribution in [0.15, 0.2) is 18.2 Å². The van der Waals surface area contributed by atoms with Crippen molar-refractivity contribution in [2.24, 2.45) is 5.41 Å². The van der Waals surface area contributed by atoms with Crippen molar-refractivity contribution < 1.29 is 23.4 Å². The molecule has 0 amide bonds. The Morgan fingerprint density at radius 2 is 2.18 bits per heavy atom. The highest BCUT2D eigenvalue weighted by molar-refractivity contribution is 5.46. The highest BCUT2D eigenvalue weighted by Crippen LogP contribution is 2.35. The number of piperidine rings is 1. The van der Waals surface area contributed by atoms with Gasteiger partial charge in [0.2, 0.25) is 0 Å². The van der Waals surface area contributed by atoms with Crippen molar-refractivity contribution in [1.82, 2.24) is 4.90 Å². The highest BCUT2D eigenvalue weighted by atomic mass is 19.3. The molecule has 4 nitrogen and oxygen atoms in total. The van der Waals surface area contributed by atoms with Crippen molar-refractivity contribution in [3.63, 3.8) is 0 Å². The summed E-state index contributed by atoms with van der Waals surface area (Å²) in [4.78, 5) is 2.16. The quantitative estimate of drug-likeness (QED) is 0.876. The fourth-order valence-electron chi connectivity index (χ4n) is 3.00. The molecule has 0 aromatic heterocycles. The second-order valence-electron chi connectivity index (χ2n) is 6.11. The van der Waals surface area contributed by atoms with Crippen molar-refractivity contribution in [3.05, 3.63) is 23.8 Å². The lowest BCUT2D eigenvalue weighted by Gasteiger charge is -2.39. The largest absolute Gasteiger partial charge is 0.493 e. The molecular formula is C16H23F2NO3. The Bertz CT molecular complexity index is 498. The van der Waals surface area contributed by atoms with Gasteiger partial charge in [-0.1, -0.05) is 19.1 Å². The van der Waals surface area contributed by atoms with Gasteiger partial charge in [-0.25, -0.2) is 0 Å². The molecule has 1 saturated heterocycles. The lowest BCUT2D eigenvalue weighted by atomic mass is 9.82. The van der Waals surface area contributed by atoms with Crippen molar-refractivity contribution >= 4 is 0 Å². The number of methoxy groups -OCH3 is 1. The Kier molecular flexibility index (Phi) is 5.58. The molecule has 0 bridgehead atoms. The first kappa shape index (κ1) is 17.0. The van der Waals surface area contributed by atoms with Crippen molar-refractivity contribution in [3.8, 4) is 11.5 Å². The second-order valence-corrected chi connectivity index (χ2v) is 6.11. The van der Waals surface area contributed by atoms with Crippen LogP contribution < -0.4 is 9.47 Å². The fraction of sp³-hybridized carbons (Fsp3) is 0.625. The van der Waals surface area contributed by atoms with E-state index >= 15 is 0 Å². The molecule has 124 valence electrons. The zero-order chi connectivity index (χ0) is 16.2. The van der Waals surface area contributed by atoms with Gasteiger partial charge < -0.3 is 14.6 Å². The zero-order valence-corrected chi connectivity index (χ0v) is 13.0. The molecule has 1 N–H and O–H groups in total. The summed E-state index contributed by atoms with van der Waals surface area (Å²) in [5, 5.41) is 9.52. The minimum absolute atomic E-state index is 0.0938. The van der Waals surface area contributed by atoms with E-state index in [-0.39, 0.29) is 17.8 Å². The molecule has 1 fully saturated rings. The number of halogens is 2. The van der Waals surface area contributed by atoms with E-state index in [1.807, 2.05) is 6.92 Å². The maximum absolute atomic E-state index is 12.6. The number of benzene rings is 1. The summed E-state index contributed by atoms with van der Waals surface area (Å²) in [5.74, 6) is 0.399. The van der Waals surface area contributed by atoms with Gasteiger partial charge in [-0.3, -0.25) is 4.90 Å². The van der Waals surface area contributed by atoms with Gasteiger partial charge in [-0.2, -0.15) is 8.78 Å². The van der Waals surface area contributed by atoms with Crippen LogP contribution in [0, 0.1) is 5.41 Å². The van der Waals surface area contributed by atoms with Gasteiger partial charge in [-0.05, 0) is 25.5 Å². The van der Waals surface area contributed by atoms with Crippen molar-refractivity contribution in [2.45, 2.75) is 32.9 Å². The predicted molar refractivity (Wildman–Crippen MR) is 79.3 cm³/mol. The number of nitrogens with zero attached hydrogens (tertiary/aromatic N) is 1. The molecule has 1 aliphatic rings. The van der Waals surface area contributed by atoms with E-state index in [9.17, 15) is 13.9 Å². The van der Waals surface area contributed by atoms with Crippen LogP contribution in [-0.2, 0) is 6.54 Å². The smallest absolute Gasteiger partial charge is 0.387 e. The number of likely N-dealkylation sites (tertiary alicyclic amines) is 1. The van der Waals surface area contributed by atoms with E-state index in [1.165, 1.54) is 7.11 Å². The highest BCUT2D eigenvalue weighted by Gasteiger charge is 2.31. The standard InChI is InChI=1S/C16H23F2NO3/c1-16(11-20)7-4-8-19(10-16)9-12-5-3-6-13(21-2)14(12)22-15(17)18/h3,5-6,15,20H,4,7-11H2,1-2H3. The van der Waals surface area contributed by atoms with Crippen LogP contribution >= 0.6 is 0 Å². The lowest BCUT2D eigenvalue weighted by molar-refractivity contribution is -0.0524. The molecule has 0 radical (unpaired) electrons. The van der Waals surface area contributed by atoms with Crippen molar-refractivity contribution in [2.75, 3.05) is 26.8 Å². The van der Waals surface area contributed by atoms with Gasteiger partial charge in [-0.15, -0.1) is 0 Å². The minimum Gasteiger partial charge on any atom is -0.493 e. The van der Waals surface area contributed by atoms with Gasteiger partial charge >= 0.3 is 6.61 Å². The number of ether oxygens (including phenoxy) is 2. The molecule has 1 aromatic carbocycles. The van der Waals surface area contributed by atoms with E-state index < -0.39 is 6.61 Å². The van der Waals surface area contributed by atoms with E-state index in [1.54, 1.807) is 18.2 Å². The van der Waals surface area contributed by atoms with Crippen LogP contribution in [0.25, 0.3) is 0 Å². The van der Waals surface area contributed by atoms with Crippen LogP contribution in [0.1, 0.15) is 25.3 Å². The zero-order valence-electron chi connectivity index (χ0n) is 13.0. The number of alkyl halides is 2. The number of aliphatic hydroxyl groups is 1. The van der Waals surface area contributed by atoms with E-state index in [4.69, 9.17) is 4.74 Å². The third kappa shape index (κ3) is 4.08. The monoisotopic (exact) mass is 315 g/mol. The topological polar surface area (TPSA) is 41.9 Å². The third-order valence-corrected chi connectivity index (χ3v) is 4.12. The van der Waals surface area contributed by atoms with Crippen LogP contribution in [0.5, 0.6) is 11.5 Å². The predicted octanol–water partition coefficient (Wildman–Crippen LogP) is 2.89. The minimum atomic E-state index is -2.89. The molecule has 1 aromatic rings. The molecule has 0 saturated carbocycles. The summed E-state index contributed by atoms with van der Waals surface area (Å²) in [6.07, 6.45) is 1.95. The van der Waals surface area contributed by atoms with E-state index in [0.717, 1.165) is 25.9 Å². The summed E-state index contributed by atoms with van der Waals surface area (Å²) in [5.41, 5.74) is 0.530. The molecule has 1 atom stereocenters. The summed E-state index contributed by atoms with van der Waals surface area (Å²) in [7, 11) is 1.43. The van der Waals surface area contributed by atoms with Gasteiger partial charge in [0, 0.05) is 30.7 Å². The summed E-state index contributed by atoms with van der Waals surface area (Å²) in [6.45, 7) is 1.38. The molecule has 0 aliphatic carbocycles. The molecular weight excluding hydrogens is 292 g/mol. The lowest BCUT2D eigenvalue weighted by Crippen LogP contribution is -2.43. The summed E-state index contributed by atoms with van der Waals surface area (Å²) >= 11 is 0. The SMILES string of the molecule is COc1cccc(CN2CCCC(C)(CO)C2)c1OC(F)F. The molecule has 1 aliphatic heterocycles. The van der Waals surface area contributed by atoms with Crippen LogP contribution in [-0.4, -0.2) is 43.4 Å². The normalized spacial score (nSPS) is 22.8. The third-order valence-electron chi connectivity index (χ3n) is 4.12. The first-order valence-electron chi connectivity index (χ1n) is 7.41. The average Bonchev–Trinajstić information content (AvgIpc) is 2.48. The summed E-state index contributed by atoms with van der Waals surface area (Å²) < 4.78 is 35.1. The average molecular weight is 315 g/mol. The van der Waals surface area contributed by atoms with E-state index in [2.05, 4.69) is 9.64 Å². The Balaban J connectivity index is 2.18. The first-order chi connectivity index (χ1) is 10.5. The van der Waals surface area contributed by atoms with Crippen LogP contribution in [0.4, 0.5) is 8.78 Å². The molecule has 1 unspecified atom stereocenters. The molecule has 6 heteroatoms. The molecule has 22 heavy (non-hydrogen) atoms.